The Bertz CT molecular complexity index is 366. The summed E-state index contributed by atoms with van der Waals surface area (Å²) in [5.41, 5.74) is 0. The zero-order valence-electron chi connectivity index (χ0n) is 14.9. The van der Waals surface area contributed by atoms with Crippen molar-refractivity contribution in [2.75, 3.05) is 78.5 Å². The molecule has 0 aromatic heterocycles. The molecule has 0 aromatic carbocycles. The summed E-state index contributed by atoms with van der Waals surface area (Å²) in [7, 11) is 0. The van der Waals surface area contributed by atoms with Crippen LogP contribution in [-0.2, 0) is 9.59 Å². The molecule has 7 nitrogen and oxygen atoms in total. The topological polar surface area (TPSA) is 67.3 Å². The van der Waals surface area contributed by atoms with E-state index in [1.165, 1.54) is 0 Å². The van der Waals surface area contributed by atoms with E-state index in [1.807, 2.05) is 11.0 Å². The highest BCUT2D eigenvalue weighted by molar-refractivity contribution is 5.69. The molecule has 1 fully saturated rings. The summed E-state index contributed by atoms with van der Waals surface area (Å²) in [6, 6.07) is 0. The number of carboxylic acids is 1. The summed E-state index contributed by atoms with van der Waals surface area (Å²) >= 11 is 0. The van der Waals surface area contributed by atoms with Crippen molar-refractivity contribution < 1.29 is 14.7 Å². The molecule has 0 radical (unpaired) electrons. The average molecular weight is 340 g/mol. The molecule has 0 amide bonds. The number of carbonyl (C=O) groups is 2. The summed E-state index contributed by atoms with van der Waals surface area (Å²) in [5.74, 6) is -0.809. The fourth-order valence-corrected chi connectivity index (χ4v) is 2.90. The van der Waals surface area contributed by atoms with E-state index in [0.29, 0.717) is 26.2 Å². The van der Waals surface area contributed by atoms with Crippen LogP contribution >= 0.6 is 0 Å². The summed E-state index contributed by atoms with van der Waals surface area (Å²) < 4.78 is 0. The van der Waals surface area contributed by atoms with E-state index in [4.69, 9.17) is 5.11 Å². The van der Waals surface area contributed by atoms with Gasteiger partial charge in [0.15, 0.2) is 0 Å². The van der Waals surface area contributed by atoms with Gasteiger partial charge >= 0.3 is 5.97 Å². The normalized spacial score (nSPS) is 20.9. The second-order valence-corrected chi connectivity index (χ2v) is 6.16. The van der Waals surface area contributed by atoms with Gasteiger partial charge in [-0.3, -0.25) is 19.5 Å². The molecular weight excluding hydrogens is 308 g/mol. The minimum Gasteiger partial charge on any atom is -0.480 e. The number of likely N-dealkylation sites (N-methyl/N-ethyl adjacent to an activating group) is 1. The molecule has 0 atom stereocenters. The molecule has 0 bridgehead atoms. The first kappa shape index (κ1) is 20.8. The lowest BCUT2D eigenvalue weighted by atomic mass is 10.3. The zero-order chi connectivity index (χ0) is 17.8. The van der Waals surface area contributed by atoms with Gasteiger partial charge in [0.25, 0.3) is 0 Å². The number of aldehydes is 1. The number of carbonyl (C=O) groups excluding carboxylic acids is 1. The molecule has 0 aromatic rings. The quantitative estimate of drug-likeness (QED) is 0.504. The standard InChI is InChI=1S/C17H32N4O3/c1-3-5-19-8-6-18(4-2)7-9-20(14-15-22)11-13-21(12-10-19)16-17(23)24/h3,15H,1,4-14,16H2,2H3,(H,23,24). The van der Waals surface area contributed by atoms with Gasteiger partial charge < -0.3 is 14.8 Å². The van der Waals surface area contributed by atoms with Crippen LogP contribution in [0.25, 0.3) is 0 Å². The Morgan fingerprint density at radius 1 is 0.917 bits per heavy atom. The van der Waals surface area contributed by atoms with Crippen molar-refractivity contribution in [2.24, 2.45) is 0 Å². The molecule has 1 N–H and O–H groups in total. The molecule has 138 valence electrons. The number of carboxylic acid groups (broad SMARTS) is 1. The van der Waals surface area contributed by atoms with Crippen LogP contribution in [0, 0.1) is 0 Å². The van der Waals surface area contributed by atoms with Gasteiger partial charge in [-0.2, -0.15) is 0 Å². The fourth-order valence-electron chi connectivity index (χ4n) is 2.90. The van der Waals surface area contributed by atoms with Gasteiger partial charge in [0.1, 0.15) is 6.29 Å². The first-order valence-electron chi connectivity index (χ1n) is 8.74. The van der Waals surface area contributed by atoms with Gasteiger partial charge in [0.05, 0.1) is 13.1 Å². The molecule has 0 saturated carbocycles. The van der Waals surface area contributed by atoms with Crippen molar-refractivity contribution in [3.63, 3.8) is 0 Å². The monoisotopic (exact) mass is 340 g/mol. The number of hydrogen-bond acceptors (Lipinski definition) is 6. The van der Waals surface area contributed by atoms with E-state index >= 15 is 0 Å². The van der Waals surface area contributed by atoms with E-state index in [2.05, 4.69) is 28.2 Å². The fraction of sp³-hybridized carbons (Fsp3) is 0.765. The van der Waals surface area contributed by atoms with E-state index < -0.39 is 5.97 Å². The van der Waals surface area contributed by atoms with Gasteiger partial charge in [-0.05, 0) is 6.54 Å². The number of hydrogen-bond donors (Lipinski definition) is 1. The van der Waals surface area contributed by atoms with Crippen molar-refractivity contribution in [1.29, 1.82) is 0 Å². The lowest BCUT2D eigenvalue weighted by Crippen LogP contribution is -2.47. The van der Waals surface area contributed by atoms with Crippen molar-refractivity contribution in [2.45, 2.75) is 6.92 Å². The predicted molar refractivity (Wildman–Crippen MR) is 95.3 cm³/mol. The molecule has 1 aliphatic heterocycles. The highest BCUT2D eigenvalue weighted by atomic mass is 16.4. The number of aliphatic carboxylic acids is 1. The van der Waals surface area contributed by atoms with Crippen LogP contribution in [0.2, 0.25) is 0 Å². The highest BCUT2D eigenvalue weighted by Gasteiger charge is 2.16. The van der Waals surface area contributed by atoms with Crippen LogP contribution in [0.4, 0.5) is 0 Å². The number of rotatable bonds is 7. The average Bonchev–Trinajstić information content (AvgIpc) is 2.54. The minimum atomic E-state index is -0.809. The second-order valence-electron chi connectivity index (χ2n) is 6.16. The summed E-state index contributed by atoms with van der Waals surface area (Å²) in [4.78, 5) is 30.8. The molecule has 0 aliphatic carbocycles. The third-order valence-corrected chi connectivity index (χ3v) is 4.46. The first-order valence-corrected chi connectivity index (χ1v) is 8.74. The lowest BCUT2D eigenvalue weighted by Gasteiger charge is -2.32. The van der Waals surface area contributed by atoms with Gasteiger partial charge in [0.2, 0.25) is 0 Å². The van der Waals surface area contributed by atoms with Crippen LogP contribution in [0.15, 0.2) is 12.7 Å². The molecular formula is C17H32N4O3. The Morgan fingerprint density at radius 3 is 1.79 bits per heavy atom. The molecule has 7 heteroatoms. The third kappa shape index (κ3) is 8.54. The zero-order valence-corrected chi connectivity index (χ0v) is 14.9. The van der Waals surface area contributed by atoms with E-state index in [9.17, 15) is 9.59 Å². The molecule has 1 aliphatic rings. The van der Waals surface area contributed by atoms with Crippen LogP contribution in [-0.4, -0.2) is 115 Å². The molecule has 1 saturated heterocycles. The smallest absolute Gasteiger partial charge is 0.317 e. The van der Waals surface area contributed by atoms with Gasteiger partial charge in [0, 0.05) is 58.9 Å². The minimum absolute atomic E-state index is 0.0396. The molecule has 1 rings (SSSR count). The highest BCUT2D eigenvalue weighted by Crippen LogP contribution is 2.00. The Morgan fingerprint density at radius 2 is 1.38 bits per heavy atom. The van der Waals surface area contributed by atoms with Crippen LogP contribution in [0.5, 0.6) is 0 Å². The maximum absolute atomic E-state index is 11.1. The maximum atomic E-state index is 11.1. The Kier molecular flexibility index (Phi) is 10.5. The second kappa shape index (κ2) is 12.1. The molecule has 0 spiro atoms. The Balaban J connectivity index is 2.74. The summed E-state index contributed by atoms with van der Waals surface area (Å²) in [5, 5.41) is 9.11. The van der Waals surface area contributed by atoms with Crippen LogP contribution in [0.3, 0.4) is 0 Å². The van der Waals surface area contributed by atoms with E-state index in [0.717, 1.165) is 52.1 Å². The van der Waals surface area contributed by atoms with Crippen molar-refractivity contribution in [3.8, 4) is 0 Å². The van der Waals surface area contributed by atoms with Crippen molar-refractivity contribution in [3.05, 3.63) is 12.7 Å². The van der Waals surface area contributed by atoms with E-state index in [1.54, 1.807) is 0 Å². The van der Waals surface area contributed by atoms with Crippen LogP contribution in [0.1, 0.15) is 6.92 Å². The summed E-state index contributed by atoms with van der Waals surface area (Å²) in [6.07, 6.45) is 2.82. The SMILES string of the molecule is C=CCN1CCN(CC)CCN(CC=O)CCN(CC(=O)O)CC1. The van der Waals surface area contributed by atoms with Crippen molar-refractivity contribution in [1.82, 2.24) is 19.6 Å². The molecule has 24 heavy (non-hydrogen) atoms. The lowest BCUT2D eigenvalue weighted by molar-refractivity contribution is -0.138. The van der Waals surface area contributed by atoms with E-state index in [-0.39, 0.29) is 6.54 Å². The largest absolute Gasteiger partial charge is 0.480 e. The first-order chi connectivity index (χ1) is 11.6. The van der Waals surface area contributed by atoms with Gasteiger partial charge in [-0.25, -0.2) is 0 Å². The van der Waals surface area contributed by atoms with Crippen molar-refractivity contribution >= 4 is 12.3 Å². The number of nitrogens with zero attached hydrogens (tertiary/aromatic N) is 4. The summed E-state index contributed by atoms with van der Waals surface area (Å²) in [6.45, 7) is 14.8. The Labute approximate surface area is 145 Å². The molecule has 1 heterocycles. The third-order valence-electron chi connectivity index (χ3n) is 4.46. The van der Waals surface area contributed by atoms with Crippen LogP contribution < -0.4 is 0 Å². The van der Waals surface area contributed by atoms with Gasteiger partial charge in [-0.1, -0.05) is 13.0 Å². The maximum Gasteiger partial charge on any atom is 0.317 e. The Hall–Kier alpha value is -1.28. The molecule has 0 unspecified atom stereocenters. The van der Waals surface area contributed by atoms with Gasteiger partial charge in [-0.15, -0.1) is 6.58 Å². The predicted octanol–water partition coefficient (Wildman–Crippen LogP) is -0.303.